The van der Waals surface area contributed by atoms with Crippen molar-refractivity contribution in [3.63, 3.8) is 0 Å². The number of aryl methyl sites for hydroxylation is 1. The van der Waals surface area contributed by atoms with Crippen molar-refractivity contribution < 1.29 is 22.8 Å². The Bertz CT molecular complexity index is 1840. The molecular weight excluding hydrogens is 554 g/mol. The van der Waals surface area contributed by atoms with Gasteiger partial charge < -0.3 is 9.63 Å². The first-order valence-corrected chi connectivity index (χ1v) is 15.3. The molecule has 2 aromatic heterocycles. The van der Waals surface area contributed by atoms with Crippen molar-refractivity contribution in [1.29, 1.82) is 0 Å². The second-order valence-corrected chi connectivity index (χ2v) is 12.5. The minimum absolute atomic E-state index is 0.412. The molecule has 3 aromatic carbocycles. The predicted molar refractivity (Wildman–Crippen MR) is 156 cm³/mol. The molecule has 1 fully saturated rings. The highest BCUT2D eigenvalue weighted by Crippen LogP contribution is 2.48. The highest BCUT2D eigenvalue weighted by Gasteiger charge is 2.51. The molecule has 0 spiro atoms. The Morgan fingerprint density at radius 1 is 1.00 bits per heavy atom. The summed E-state index contributed by atoms with van der Waals surface area (Å²) in [5.74, 6) is -0.356. The topological polar surface area (TPSA) is 140 Å². The number of rotatable bonds is 10. The zero-order valence-corrected chi connectivity index (χ0v) is 23.9. The number of carbonyl (C=O) groups is 1. The van der Waals surface area contributed by atoms with E-state index in [1.807, 2.05) is 78.9 Å². The Labute approximate surface area is 243 Å². The van der Waals surface area contributed by atoms with Crippen LogP contribution >= 0.6 is 0 Å². The lowest BCUT2D eigenvalue weighted by Crippen LogP contribution is -2.29. The number of carboxylic acids is 1. The van der Waals surface area contributed by atoms with Crippen LogP contribution in [0.1, 0.15) is 47.0 Å². The fourth-order valence-corrected chi connectivity index (χ4v) is 5.91. The standard InChI is InChI=1S/C31H29N5O5S/c1-20-27(28(34-42(2,39)40)26-19-36(35-32-26)18-21-6-4-3-5-7-21)29(41-33-20)24-10-8-22(9-11-24)23-12-14-25(15-13-23)31(16-17-31)30(37)38/h3-15,19,28,34H,16-18H2,1-2H3,(H,37,38). The van der Waals surface area contributed by atoms with Crippen LogP contribution in [-0.4, -0.2) is 45.9 Å². The lowest BCUT2D eigenvalue weighted by molar-refractivity contribution is -0.140. The van der Waals surface area contributed by atoms with E-state index in [-0.39, 0.29) is 0 Å². The maximum atomic E-state index is 12.4. The summed E-state index contributed by atoms with van der Waals surface area (Å²) in [5, 5.41) is 22.3. The molecule has 0 aliphatic heterocycles. The van der Waals surface area contributed by atoms with Crippen LogP contribution in [0.15, 0.2) is 89.6 Å². The molecule has 5 aromatic rings. The first-order chi connectivity index (χ1) is 20.1. The number of sulfonamides is 1. The molecule has 0 amide bonds. The molecule has 214 valence electrons. The van der Waals surface area contributed by atoms with Gasteiger partial charge in [0.2, 0.25) is 10.0 Å². The first-order valence-electron chi connectivity index (χ1n) is 13.5. The summed E-state index contributed by atoms with van der Waals surface area (Å²) < 4.78 is 35.0. The van der Waals surface area contributed by atoms with Crippen LogP contribution in [0.5, 0.6) is 0 Å². The van der Waals surface area contributed by atoms with E-state index in [1.165, 1.54) is 0 Å². The van der Waals surface area contributed by atoms with Gasteiger partial charge in [0, 0.05) is 11.1 Å². The van der Waals surface area contributed by atoms with Crippen LogP contribution in [0.3, 0.4) is 0 Å². The molecule has 0 bridgehead atoms. The Kier molecular flexibility index (Phi) is 6.99. The van der Waals surface area contributed by atoms with Crippen LogP contribution in [0.4, 0.5) is 0 Å². The fraction of sp³-hybridized carbons (Fsp3) is 0.226. The molecular formula is C31H29N5O5S. The number of carboxylic acid groups (broad SMARTS) is 1. The smallest absolute Gasteiger partial charge is 0.314 e. The second-order valence-electron chi connectivity index (χ2n) is 10.7. The fourth-order valence-electron chi connectivity index (χ4n) is 5.25. The van der Waals surface area contributed by atoms with Crippen molar-refractivity contribution in [2.45, 2.75) is 37.8 Å². The molecule has 11 heteroatoms. The van der Waals surface area contributed by atoms with E-state index in [0.717, 1.165) is 28.5 Å². The molecule has 0 radical (unpaired) electrons. The first kappa shape index (κ1) is 27.6. The van der Waals surface area contributed by atoms with Gasteiger partial charge in [0.15, 0.2) is 5.76 Å². The molecule has 0 saturated heterocycles. The van der Waals surface area contributed by atoms with Gasteiger partial charge >= 0.3 is 5.97 Å². The third-order valence-corrected chi connectivity index (χ3v) is 8.31. The van der Waals surface area contributed by atoms with Gasteiger partial charge in [0.25, 0.3) is 0 Å². The van der Waals surface area contributed by atoms with Crippen LogP contribution in [0.2, 0.25) is 0 Å². The zero-order chi connectivity index (χ0) is 29.5. The molecule has 42 heavy (non-hydrogen) atoms. The number of benzene rings is 3. The monoisotopic (exact) mass is 583 g/mol. The van der Waals surface area contributed by atoms with Crippen molar-refractivity contribution in [2.24, 2.45) is 0 Å². The average Bonchev–Trinajstić information content (AvgIpc) is 3.53. The number of aromatic nitrogens is 4. The highest BCUT2D eigenvalue weighted by atomic mass is 32.2. The number of aliphatic carboxylic acids is 1. The number of nitrogens with one attached hydrogen (secondary N) is 1. The molecule has 2 N–H and O–H groups in total. The van der Waals surface area contributed by atoms with Gasteiger partial charge in [-0.05, 0) is 42.0 Å². The molecule has 1 atom stereocenters. The summed E-state index contributed by atoms with van der Waals surface area (Å²) in [5.41, 5.74) is 5.20. The van der Waals surface area contributed by atoms with Gasteiger partial charge in [0.05, 0.1) is 36.1 Å². The third-order valence-electron chi connectivity index (χ3n) is 7.65. The quantitative estimate of drug-likeness (QED) is 0.241. The van der Waals surface area contributed by atoms with Gasteiger partial charge in [-0.3, -0.25) is 4.79 Å². The number of hydrogen-bond acceptors (Lipinski definition) is 7. The van der Waals surface area contributed by atoms with Crippen molar-refractivity contribution in [2.75, 3.05) is 6.26 Å². The molecule has 1 aliphatic rings. The summed E-state index contributed by atoms with van der Waals surface area (Å²) in [4.78, 5) is 11.7. The molecule has 1 aliphatic carbocycles. The zero-order valence-electron chi connectivity index (χ0n) is 23.1. The van der Waals surface area contributed by atoms with E-state index < -0.39 is 27.4 Å². The van der Waals surface area contributed by atoms with Crippen molar-refractivity contribution >= 4 is 16.0 Å². The largest absolute Gasteiger partial charge is 0.481 e. The van der Waals surface area contributed by atoms with Gasteiger partial charge in [-0.2, -0.15) is 0 Å². The lowest BCUT2D eigenvalue weighted by Gasteiger charge is -2.16. The van der Waals surface area contributed by atoms with Crippen molar-refractivity contribution in [3.05, 3.63) is 113 Å². The Morgan fingerprint density at radius 2 is 1.62 bits per heavy atom. The Balaban J connectivity index is 1.30. The van der Waals surface area contributed by atoms with Gasteiger partial charge in [-0.15, -0.1) is 5.10 Å². The van der Waals surface area contributed by atoms with E-state index in [0.29, 0.717) is 47.7 Å². The maximum Gasteiger partial charge on any atom is 0.314 e. The van der Waals surface area contributed by atoms with Crippen molar-refractivity contribution in [3.8, 4) is 22.5 Å². The minimum atomic E-state index is -3.65. The third kappa shape index (κ3) is 5.48. The summed E-state index contributed by atoms with van der Waals surface area (Å²) in [6.45, 7) is 2.24. The van der Waals surface area contributed by atoms with Gasteiger partial charge in [-0.1, -0.05) is 89.2 Å². The van der Waals surface area contributed by atoms with Gasteiger partial charge in [-0.25, -0.2) is 17.8 Å². The Morgan fingerprint density at radius 3 is 2.21 bits per heavy atom. The lowest BCUT2D eigenvalue weighted by atomic mass is 9.93. The average molecular weight is 584 g/mol. The van der Waals surface area contributed by atoms with E-state index in [9.17, 15) is 18.3 Å². The SMILES string of the molecule is Cc1noc(-c2ccc(-c3ccc(C4(C(=O)O)CC4)cc3)cc2)c1C(NS(C)(=O)=O)c1cn(Cc2ccccc2)nn1. The predicted octanol–water partition coefficient (Wildman–Crippen LogP) is 4.71. The summed E-state index contributed by atoms with van der Waals surface area (Å²) in [6.07, 6.45) is 4.13. The molecule has 1 saturated carbocycles. The van der Waals surface area contributed by atoms with E-state index in [4.69, 9.17) is 4.52 Å². The van der Waals surface area contributed by atoms with E-state index in [2.05, 4.69) is 20.2 Å². The van der Waals surface area contributed by atoms with E-state index >= 15 is 0 Å². The molecule has 2 heterocycles. The van der Waals surface area contributed by atoms with Crippen LogP contribution in [0.25, 0.3) is 22.5 Å². The second kappa shape index (κ2) is 10.7. The molecule has 1 unspecified atom stereocenters. The number of nitrogens with zero attached hydrogens (tertiary/aromatic N) is 4. The normalized spacial score (nSPS) is 14.9. The number of hydrogen-bond donors (Lipinski definition) is 2. The van der Waals surface area contributed by atoms with Crippen LogP contribution in [0, 0.1) is 6.92 Å². The minimum Gasteiger partial charge on any atom is -0.481 e. The summed E-state index contributed by atoms with van der Waals surface area (Å²) >= 11 is 0. The summed E-state index contributed by atoms with van der Waals surface area (Å²) in [6, 6.07) is 24.2. The Hall–Kier alpha value is -4.61. The summed E-state index contributed by atoms with van der Waals surface area (Å²) in [7, 11) is -3.65. The van der Waals surface area contributed by atoms with E-state index in [1.54, 1.807) is 17.8 Å². The maximum absolute atomic E-state index is 12.4. The van der Waals surface area contributed by atoms with Crippen LogP contribution < -0.4 is 4.72 Å². The van der Waals surface area contributed by atoms with Crippen molar-refractivity contribution in [1.82, 2.24) is 24.9 Å². The van der Waals surface area contributed by atoms with Gasteiger partial charge in [0.1, 0.15) is 5.69 Å². The van der Waals surface area contributed by atoms with Crippen LogP contribution in [-0.2, 0) is 26.8 Å². The molecule has 6 rings (SSSR count). The molecule has 10 nitrogen and oxygen atoms in total. The highest BCUT2D eigenvalue weighted by molar-refractivity contribution is 7.88.